The summed E-state index contributed by atoms with van der Waals surface area (Å²) in [6, 6.07) is 12.0. The van der Waals surface area contributed by atoms with Crippen LogP contribution in [-0.2, 0) is 6.54 Å². The van der Waals surface area contributed by atoms with Crippen LogP contribution in [0.1, 0.15) is 15.9 Å². The van der Waals surface area contributed by atoms with Gasteiger partial charge in [0, 0.05) is 46.0 Å². The maximum absolute atomic E-state index is 12.8. The van der Waals surface area contributed by atoms with Gasteiger partial charge < -0.3 is 15.1 Å². The molecule has 0 unspecified atom stereocenters. The molecule has 25 heavy (non-hydrogen) atoms. The molecular weight excluding hydrogens is 312 g/mol. The first kappa shape index (κ1) is 16.1. The molecule has 5 heteroatoms. The van der Waals surface area contributed by atoms with Crippen LogP contribution in [0.3, 0.4) is 0 Å². The van der Waals surface area contributed by atoms with E-state index in [2.05, 4.69) is 15.2 Å². The summed E-state index contributed by atoms with van der Waals surface area (Å²) in [7, 11) is 1.84. The molecule has 4 rings (SSSR count). The molecule has 2 aliphatic rings. The normalized spacial score (nSPS) is 22.0. The smallest absolute Gasteiger partial charge is 0.255 e. The molecule has 2 aliphatic heterocycles. The zero-order valence-electron chi connectivity index (χ0n) is 14.6. The number of hydrogen-bond acceptors (Lipinski definition) is 4. The average Bonchev–Trinajstić information content (AvgIpc) is 3.24. The van der Waals surface area contributed by atoms with Crippen molar-refractivity contribution < 1.29 is 4.79 Å². The zero-order valence-corrected chi connectivity index (χ0v) is 14.6. The molecule has 0 bridgehead atoms. The van der Waals surface area contributed by atoms with Crippen molar-refractivity contribution in [3.63, 3.8) is 0 Å². The Bertz CT molecular complexity index is 736. The Morgan fingerprint density at radius 2 is 1.92 bits per heavy atom. The Kier molecular flexibility index (Phi) is 4.40. The van der Waals surface area contributed by atoms with Gasteiger partial charge in [0.15, 0.2) is 0 Å². The van der Waals surface area contributed by atoms with Crippen LogP contribution >= 0.6 is 0 Å². The average molecular weight is 336 g/mol. The minimum atomic E-state index is 0.0132. The van der Waals surface area contributed by atoms with Crippen LogP contribution in [0.2, 0.25) is 0 Å². The van der Waals surface area contributed by atoms with Gasteiger partial charge in [0.25, 0.3) is 5.91 Å². The summed E-state index contributed by atoms with van der Waals surface area (Å²) in [5.41, 5.74) is 2.85. The van der Waals surface area contributed by atoms with E-state index in [-0.39, 0.29) is 5.91 Å². The summed E-state index contributed by atoms with van der Waals surface area (Å²) >= 11 is 0. The third-order valence-electron chi connectivity index (χ3n) is 5.33. The van der Waals surface area contributed by atoms with Crippen LogP contribution in [0, 0.1) is 11.8 Å². The van der Waals surface area contributed by atoms with Crippen LogP contribution in [0.15, 0.2) is 48.8 Å². The number of nitrogens with zero attached hydrogens (tertiary/aromatic N) is 3. The maximum Gasteiger partial charge on any atom is 0.255 e. The fraction of sp³-hybridized carbons (Fsp3) is 0.400. The number of nitrogens with one attached hydrogen (secondary N) is 1. The maximum atomic E-state index is 12.8. The fourth-order valence-corrected chi connectivity index (χ4v) is 3.93. The second kappa shape index (κ2) is 6.84. The number of rotatable bonds is 4. The van der Waals surface area contributed by atoms with Gasteiger partial charge in [0.2, 0.25) is 0 Å². The highest BCUT2D eigenvalue weighted by Gasteiger charge is 2.36. The van der Waals surface area contributed by atoms with Crippen molar-refractivity contribution in [3.05, 3.63) is 59.9 Å². The monoisotopic (exact) mass is 336 g/mol. The summed E-state index contributed by atoms with van der Waals surface area (Å²) in [5, 5.41) is 3.46. The predicted molar refractivity (Wildman–Crippen MR) is 98.5 cm³/mol. The van der Waals surface area contributed by atoms with Crippen LogP contribution in [-0.4, -0.2) is 49.0 Å². The summed E-state index contributed by atoms with van der Waals surface area (Å²) < 4.78 is 0. The lowest BCUT2D eigenvalue weighted by molar-refractivity contribution is 0.0784. The predicted octanol–water partition coefficient (Wildman–Crippen LogP) is 2.01. The number of pyridine rings is 1. The third kappa shape index (κ3) is 3.37. The number of carbonyl (C=O) groups is 1. The van der Waals surface area contributed by atoms with E-state index < -0.39 is 0 Å². The molecule has 1 aromatic carbocycles. The lowest BCUT2D eigenvalue weighted by Gasteiger charge is -2.21. The summed E-state index contributed by atoms with van der Waals surface area (Å²) in [6.07, 6.45) is 3.55. The molecule has 1 aromatic heterocycles. The van der Waals surface area contributed by atoms with Crippen molar-refractivity contribution in [1.29, 1.82) is 0 Å². The molecule has 2 aromatic rings. The topological polar surface area (TPSA) is 48.5 Å². The van der Waals surface area contributed by atoms with E-state index in [4.69, 9.17) is 0 Å². The van der Waals surface area contributed by atoms with E-state index in [1.807, 2.05) is 49.6 Å². The van der Waals surface area contributed by atoms with Gasteiger partial charge in [-0.05, 0) is 23.5 Å². The number of benzene rings is 1. The summed E-state index contributed by atoms with van der Waals surface area (Å²) in [4.78, 5) is 21.2. The van der Waals surface area contributed by atoms with Crippen LogP contribution in [0.5, 0.6) is 0 Å². The number of aromatic nitrogens is 1. The van der Waals surface area contributed by atoms with Crippen LogP contribution in [0.4, 0.5) is 5.69 Å². The third-order valence-corrected chi connectivity index (χ3v) is 5.33. The van der Waals surface area contributed by atoms with E-state index in [9.17, 15) is 4.79 Å². The number of hydrogen-bond donors (Lipinski definition) is 1. The Morgan fingerprint density at radius 1 is 1.20 bits per heavy atom. The van der Waals surface area contributed by atoms with Crippen LogP contribution < -0.4 is 10.2 Å². The molecular formula is C20H24N4O. The molecule has 130 valence electrons. The minimum absolute atomic E-state index is 0.0132. The van der Waals surface area contributed by atoms with Crippen molar-refractivity contribution in [3.8, 4) is 0 Å². The molecule has 0 radical (unpaired) electrons. The van der Waals surface area contributed by atoms with Crippen molar-refractivity contribution in [2.45, 2.75) is 6.54 Å². The van der Waals surface area contributed by atoms with Gasteiger partial charge in [-0.3, -0.25) is 9.78 Å². The standard InChI is InChI=1S/C20H24N4O/c1-23(12-15-5-3-2-4-6-15)20(25)16-7-19(11-22-8-16)24-13-17-9-21-10-18(17)14-24/h2-8,11,17-18,21H,9-10,12-14H2,1H3/t17-,18+. The Hall–Kier alpha value is -2.40. The van der Waals surface area contributed by atoms with Gasteiger partial charge in [-0.2, -0.15) is 0 Å². The van der Waals surface area contributed by atoms with Gasteiger partial charge in [0.05, 0.1) is 17.4 Å². The van der Waals surface area contributed by atoms with E-state index in [1.165, 1.54) is 0 Å². The zero-order chi connectivity index (χ0) is 17.2. The first-order chi connectivity index (χ1) is 12.2. The minimum Gasteiger partial charge on any atom is -0.370 e. The number of carbonyl (C=O) groups excluding carboxylic acids is 1. The number of anilines is 1. The van der Waals surface area contributed by atoms with Crippen molar-refractivity contribution in [2.75, 3.05) is 38.1 Å². The van der Waals surface area contributed by atoms with Crippen molar-refractivity contribution in [1.82, 2.24) is 15.2 Å². The fourth-order valence-electron chi connectivity index (χ4n) is 3.93. The van der Waals surface area contributed by atoms with Crippen molar-refractivity contribution in [2.24, 2.45) is 11.8 Å². The molecule has 0 aliphatic carbocycles. The van der Waals surface area contributed by atoms with E-state index in [0.29, 0.717) is 12.1 Å². The van der Waals surface area contributed by atoms with Gasteiger partial charge >= 0.3 is 0 Å². The molecule has 2 saturated heterocycles. The van der Waals surface area contributed by atoms with Crippen molar-refractivity contribution >= 4 is 11.6 Å². The highest BCUT2D eigenvalue weighted by molar-refractivity contribution is 5.94. The number of amides is 1. The molecule has 0 spiro atoms. The largest absolute Gasteiger partial charge is 0.370 e. The second-order valence-electron chi connectivity index (χ2n) is 7.16. The lowest BCUT2D eigenvalue weighted by Crippen LogP contribution is -2.28. The molecule has 2 atom stereocenters. The summed E-state index contributed by atoms with van der Waals surface area (Å²) in [5.74, 6) is 1.46. The Morgan fingerprint density at radius 3 is 2.64 bits per heavy atom. The number of fused-ring (bicyclic) bond motifs is 1. The SMILES string of the molecule is CN(Cc1ccccc1)C(=O)c1cncc(N2C[C@H]3CNC[C@H]3C2)c1. The van der Waals surface area contributed by atoms with Crippen LogP contribution in [0.25, 0.3) is 0 Å². The Balaban J connectivity index is 1.46. The highest BCUT2D eigenvalue weighted by Crippen LogP contribution is 2.30. The Labute approximate surface area is 148 Å². The van der Waals surface area contributed by atoms with Gasteiger partial charge in [-0.15, -0.1) is 0 Å². The van der Waals surface area contributed by atoms with E-state index >= 15 is 0 Å². The molecule has 1 amide bonds. The quantitative estimate of drug-likeness (QED) is 0.928. The first-order valence-electron chi connectivity index (χ1n) is 8.91. The van der Waals surface area contributed by atoms with Gasteiger partial charge in [-0.1, -0.05) is 30.3 Å². The first-order valence-corrected chi connectivity index (χ1v) is 8.91. The lowest BCUT2D eigenvalue weighted by atomic mass is 10.0. The van der Waals surface area contributed by atoms with Gasteiger partial charge in [-0.25, -0.2) is 0 Å². The molecule has 3 heterocycles. The molecule has 2 fully saturated rings. The van der Waals surface area contributed by atoms with Gasteiger partial charge in [0.1, 0.15) is 0 Å². The highest BCUT2D eigenvalue weighted by atomic mass is 16.2. The van der Waals surface area contributed by atoms with E-state index in [0.717, 1.165) is 49.3 Å². The van der Waals surface area contributed by atoms with E-state index in [1.54, 1.807) is 11.1 Å². The second-order valence-corrected chi connectivity index (χ2v) is 7.16. The molecule has 1 N–H and O–H groups in total. The summed E-state index contributed by atoms with van der Waals surface area (Å²) in [6.45, 7) is 4.91. The molecule has 5 nitrogen and oxygen atoms in total. The molecule has 0 saturated carbocycles.